The van der Waals surface area contributed by atoms with Gasteiger partial charge in [-0.15, -0.1) is 0 Å². The predicted molar refractivity (Wildman–Crippen MR) is 62.2 cm³/mol. The molecule has 94 valence electrons. The predicted octanol–water partition coefficient (Wildman–Crippen LogP) is 1.77. The molecule has 1 aliphatic rings. The number of hydrogen-bond acceptors (Lipinski definition) is 3. The van der Waals surface area contributed by atoms with Crippen LogP contribution in [-0.2, 0) is 9.53 Å². The number of ether oxygens (including phenoxy) is 1. The van der Waals surface area contributed by atoms with Gasteiger partial charge in [-0.05, 0) is 26.7 Å². The fourth-order valence-electron chi connectivity index (χ4n) is 1.89. The number of rotatable bonds is 4. The smallest absolute Gasteiger partial charge is 0.311 e. The molecule has 0 amide bonds. The molecule has 0 aromatic rings. The molecule has 1 rings (SSSR count). The van der Waals surface area contributed by atoms with E-state index in [0.29, 0.717) is 0 Å². The van der Waals surface area contributed by atoms with Crippen LogP contribution >= 0.6 is 0 Å². The van der Waals surface area contributed by atoms with Gasteiger partial charge in [-0.2, -0.15) is 0 Å². The summed E-state index contributed by atoms with van der Waals surface area (Å²) in [6.45, 7) is 3.59. The van der Waals surface area contributed by atoms with Crippen LogP contribution < -0.4 is 5.73 Å². The molecule has 4 heteroatoms. The molecule has 0 bridgehead atoms. The number of carbonyl (C=O) groups is 1. The highest BCUT2D eigenvalue weighted by Gasteiger charge is 2.30. The minimum atomic E-state index is -0.827. The Bertz CT molecular complexity index is 240. The average Bonchev–Trinajstić information content (AvgIpc) is 2.40. The van der Waals surface area contributed by atoms with E-state index >= 15 is 0 Å². The SMILES string of the molecule is CC(C)(COC1CCCCCC1N)C(=O)O. The second-order valence-corrected chi connectivity index (χ2v) is 5.34. The highest BCUT2D eigenvalue weighted by atomic mass is 16.5. The number of nitrogens with two attached hydrogens (primary N) is 1. The van der Waals surface area contributed by atoms with Gasteiger partial charge in [0.05, 0.1) is 18.1 Å². The molecule has 0 spiro atoms. The van der Waals surface area contributed by atoms with Crippen molar-refractivity contribution in [2.45, 2.75) is 58.1 Å². The second-order valence-electron chi connectivity index (χ2n) is 5.34. The Morgan fingerprint density at radius 2 is 2.00 bits per heavy atom. The highest BCUT2D eigenvalue weighted by molar-refractivity contribution is 5.73. The fraction of sp³-hybridized carbons (Fsp3) is 0.917. The molecule has 0 heterocycles. The third-order valence-electron chi connectivity index (χ3n) is 3.24. The van der Waals surface area contributed by atoms with Crippen LogP contribution in [0, 0.1) is 5.41 Å². The Hall–Kier alpha value is -0.610. The van der Waals surface area contributed by atoms with Gasteiger partial charge in [0.15, 0.2) is 0 Å². The summed E-state index contributed by atoms with van der Waals surface area (Å²) in [5, 5.41) is 8.98. The van der Waals surface area contributed by atoms with E-state index in [2.05, 4.69) is 0 Å². The third kappa shape index (κ3) is 3.76. The van der Waals surface area contributed by atoms with Gasteiger partial charge in [0, 0.05) is 6.04 Å². The summed E-state index contributed by atoms with van der Waals surface area (Å²) in [5.41, 5.74) is 5.18. The Morgan fingerprint density at radius 1 is 1.38 bits per heavy atom. The number of carboxylic acid groups (broad SMARTS) is 1. The monoisotopic (exact) mass is 229 g/mol. The summed E-state index contributed by atoms with van der Waals surface area (Å²) in [5.74, 6) is -0.824. The molecule has 0 aromatic carbocycles. The van der Waals surface area contributed by atoms with E-state index in [-0.39, 0.29) is 18.8 Å². The molecule has 0 saturated heterocycles. The van der Waals surface area contributed by atoms with Crippen molar-refractivity contribution < 1.29 is 14.6 Å². The van der Waals surface area contributed by atoms with E-state index in [1.54, 1.807) is 13.8 Å². The van der Waals surface area contributed by atoms with Crippen molar-refractivity contribution in [3.63, 3.8) is 0 Å². The standard InChI is InChI=1S/C12H23NO3/c1-12(2,11(14)15)8-16-10-7-5-3-4-6-9(10)13/h9-10H,3-8,13H2,1-2H3,(H,14,15). The first kappa shape index (κ1) is 13.5. The van der Waals surface area contributed by atoms with E-state index in [1.807, 2.05) is 0 Å². The molecule has 0 radical (unpaired) electrons. The van der Waals surface area contributed by atoms with Gasteiger partial charge in [-0.1, -0.05) is 19.3 Å². The first-order valence-corrected chi connectivity index (χ1v) is 6.04. The first-order chi connectivity index (χ1) is 7.43. The normalized spacial score (nSPS) is 27.4. The van der Waals surface area contributed by atoms with E-state index < -0.39 is 11.4 Å². The van der Waals surface area contributed by atoms with Crippen molar-refractivity contribution in [3.05, 3.63) is 0 Å². The van der Waals surface area contributed by atoms with Crippen LogP contribution in [0.2, 0.25) is 0 Å². The van der Waals surface area contributed by atoms with Gasteiger partial charge >= 0.3 is 5.97 Å². The van der Waals surface area contributed by atoms with Crippen LogP contribution in [0.4, 0.5) is 0 Å². The minimum absolute atomic E-state index is 0.0288. The molecule has 0 aromatic heterocycles. The molecule has 3 N–H and O–H groups in total. The maximum absolute atomic E-state index is 10.9. The molecule has 1 aliphatic carbocycles. The quantitative estimate of drug-likeness (QED) is 0.721. The number of carboxylic acids is 1. The summed E-state index contributed by atoms with van der Waals surface area (Å²) in [4.78, 5) is 10.9. The molecule has 4 nitrogen and oxygen atoms in total. The van der Waals surface area contributed by atoms with Crippen molar-refractivity contribution in [2.75, 3.05) is 6.61 Å². The Morgan fingerprint density at radius 3 is 2.62 bits per heavy atom. The van der Waals surface area contributed by atoms with Crippen molar-refractivity contribution in [3.8, 4) is 0 Å². The molecule has 2 unspecified atom stereocenters. The number of hydrogen-bond donors (Lipinski definition) is 2. The molecule has 1 fully saturated rings. The number of aliphatic carboxylic acids is 1. The highest BCUT2D eigenvalue weighted by Crippen LogP contribution is 2.23. The average molecular weight is 229 g/mol. The van der Waals surface area contributed by atoms with Gasteiger partial charge in [0.1, 0.15) is 0 Å². The van der Waals surface area contributed by atoms with Crippen molar-refractivity contribution in [2.24, 2.45) is 11.1 Å². The largest absolute Gasteiger partial charge is 0.481 e. The molecule has 0 aliphatic heterocycles. The summed E-state index contributed by atoms with van der Waals surface area (Å²) in [6.07, 6.45) is 5.46. The lowest BCUT2D eigenvalue weighted by atomic mass is 9.95. The van der Waals surface area contributed by atoms with Gasteiger partial charge in [-0.3, -0.25) is 4.79 Å². The lowest BCUT2D eigenvalue weighted by Gasteiger charge is -2.26. The Balaban J connectivity index is 2.43. The molecule has 2 atom stereocenters. The maximum atomic E-state index is 10.9. The Kier molecular flexibility index (Phi) is 4.74. The Labute approximate surface area is 97.2 Å². The van der Waals surface area contributed by atoms with Crippen LogP contribution in [0.1, 0.15) is 46.0 Å². The lowest BCUT2D eigenvalue weighted by molar-refractivity contribution is -0.152. The van der Waals surface area contributed by atoms with Crippen LogP contribution in [0.15, 0.2) is 0 Å². The van der Waals surface area contributed by atoms with Gasteiger partial charge in [-0.25, -0.2) is 0 Å². The van der Waals surface area contributed by atoms with Gasteiger partial charge in [0.2, 0.25) is 0 Å². The van der Waals surface area contributed by atoms with Crippen molar-refractivity contribution in [1.82, 2.24) is 0 Å². The summed E-state index contributed by atoms with van der Waals surface area (Å²) in [7, 11) is 0. The van der Waals surface area contributed by atoms with Crippen LogP contribution in [0.3, 0.4) is 0 Å². The van der Waals surface area contributed by atoms with Crippen LogP contribution in [-0.4, -0.2) is 29.8 Å². The second kappa shape index (κ2) is 5.64. The maximum Gasteiger partial charge on any atom is 0.311 e. The van der Waals surface area contributed by atoms with E-state index in [1.165, 1.54) is 6.42 Å². The molecule has 1 saturated carbocycles. The summed E-state index contributed by atoms with van der Waals surface area (Å²) in [6, 6.07) is 0.0621. The topological polar surface area (TPSA) is 72.5 Å². The van der Waals surface area contributed by atoms with Crippen molar-refractivity contribution >= 4 is 5.97 Å². The summed E-state index contributed by atoms with van der Waals surface area (Å²) >= 11 is 0. The van der Waals surface area contributed by atoms with E-state index in [4.69, 9.17) is 15.6 Å². The zero-order valence-corrected chi connectivity index (χ0v) is 10.2. The van der Waals surface area contributed by atoms with Crippen LogP contribution in [0.25, 0.3) is 0 Å². The van der Waals surface area contributed by atoms with Gasteiger partial charge in [0.25, 0.3) is 0 Å². The van der Waals surface area contributed by atoms with E-state index in [0.717, 1.165) is 25.7 Å². The summed E-state index contributed by atoms with van der Waals surface area (Å²) < 4.78 is 5.70. The lowest BCUT2D eigenvalue weighted by Crippen LogP contribution is -2.39. The third-order valence-corrected chi connectivity index (χ3v) is 3.24. The van der Waals surface area contributed by atoms with Crippen LogP contribution in [0.5, 0.6) is 0 Å². The fourth-order valence-corrected chi connectivity index (χ4v) is 1.89. The van der Waals surface area contributed by atoms with E-state index in [9.17, 15) is 4.79 Å². The minimum Gasteiger partial charge on any atom is -0.481 e. The van der Waals surface area contributed by atoms with Gasteiger partial charge < -0.3 is 15.6 Å². The first-order valence-electron chi connectivity index (χ1n) is 6.04. The van der Waals surface area contributed by atoms with Crippen molar-refractivity contribution in [1.29, 1.82) is 0 Å². The zero-order valence-electron chi connectivity index (χ0n) is 10.2. The molecular formula is C12H23NO3. The molecular weight excluding hydrogens is 206 g/mol. The molecule has 16 heavy (non-hydrogen) atoms. The zero-order chi connectivity index (χ0) is 12.2.